The zero-order chi connectivity index (χ0) is 17.0. The van der Waals surface area contributed by atoms with Gasteiger partial charge < -0.3 is 0 Å². The summed E-state index contributed by atoms with van der Waals surface area (Å²) in [6, 6.07) is 2.66. The SMILES string of the molecule is N#Cc1cncc(SNC(c2ccc(F)cc2F)C(F)(F)F)c1. The summed E-state index contributed by atoms with van der Waals surface area (Å²) >= 11 is 0.549. The minimum Gasteiger partial charge on any atom is -0.262 e. The lowest BCUT2D eigenvalue weighted by Gasteiger charge is -2.22. The van der Waals surface area contributed by atoms with Crippen LogP contribution < -0.4 is 4.72 Å². The molecular weight excluding hydrogens is 337 g/mol. The molecule has 1 unspecified atom stereocenters. The Hall–Kier alpha value is -2.18. The maximum atomic E-state index is 13.6. The van der Waals surface area contributed by atoms with Gasteiger partial charge in [-0.2, -0.15) is 18.4 Å². The number of nitriles is 1. The van der Waals surface area contributed by atoms with Gasteiger partial charge in [-0.05, 0) is 24.1 Å². The Morgan fingerprint density at radius 1 is 1.17 bits per heavy atom. The number of benzene rings is 1. The van der Waals surface area contributed by atoms with E-state index in [-0.39, 0.29) is 10.5 Å². The van der Waals surface area contributed by atoms with Crippen LogP contribution in [0.2, 0.25) is 0 Å². The first-order valence-corrected chi connectivity index (χ1v) is 6.92. The van der Waals surface area contributed by atoms with E-state index in [4.69, 9.17) is 5.26 Å². The molecule has 9 heteroatoms. The highest BCUT2D eigenvalue weighted by molar-refractivity contribution is 7.97. The number of halogens is 5. The van der Waals surface area contributed by atoms with Gasteiger partial charge in [-0.1, -0.05) is 6.07 Å². The molecule has 0 aliphatic carbocycles. The summed E-state index contributed by atoms with van der Waals surface area (Å²) in [5.74, 6) is -2.27. The van der Waals surface area contributed by atoms with Gasteiger partial charge in [-0.15, -0.1) is 0 Å². The largest absolute Gasteiger partial charge is 0.408 e. The fraction of sp³-hybridized carbons (Fsp3) is 0.143. The van der Waals surface area contributed by atoms with Gasteiger partial charge in [0.05, 0.1) is 5.56 Å². The molecule has 0 amide bonds. The van der Waals surface area contributed by atoms with Gasteiger partial charge in [0, 0.05) is 28.9 Å². The van der Waals surface area contributed by atoms with Crippen LogP contribution in [0, 0.1) is 23.0 Å². The molecule has 23 heavy (non-hydrogen) atoms. The van der Waals surface area contributed by atoms with Crippen molar-refractivity contribution in [3.05, 3.63) is 59.4 Å². The summed E-state index contributed by atoms with van der Waals surface area (Å²) in [5.41, 5.74) is -0.552. The van der Waals surface area contributed by atoms with E-state index in [9.17, 15) is 22.0 Å². The molecule has 1 atom stereocenters. The summed E-state index contributed by atoms with van der Waals surface area (Å²) in [6.45, 7) is 0. The molecule has 0 aliphatic rings. The Morgan fingerprint density at radius 2 is 1.91 bits per heavy atom. The number of hydrogen-bond donors (Lipinski definition) is 1. The Morgan fingerprint density at radius 3 is 2.52 bits per heavy atom. The van der Waals surface area contributed by atoms with E-state index < -0.39 is 29.4 Å². The van der Waals surface area contributed by atoms with Crippen LogP contribution in [0.25, 0.3) is 0 Å². The maximum absolute atomic E-state index is 13.6. The number of nitrogens with zero attached hydrogens (tertiary/aromatic N) is 2. The highest BCUT2D eigenvalue weighted by Crippen LogP contribution is 2.36. The Balaban J connectivity index is 2.25. The standard InChI is InChI=1S/C14H8F5N3S/c15-9-1-2-11(12(16)4-9)13(14(17,18)19)22-23-10-3-8(5-20)6-21-7-10/h1-4,6-7,13,22H. The average Bonchev–Trinajstić information content (AvgIpc) is 2.48. The molecule has 2 aromatic rings. The summed E-state index contributed by atoms with van der Waals surface area (Å²) in [4.78, 5) is 3.96. The smallest absolute Gasteiger partial charge is 0.262 e. The van der Waals surface area contributed by atoms with Crippen molar-refractivity contribution < 1.29 is 22.0 Å². The number of aromatic nitrogens is 1. The topological polar surface area (TPSA) is 48.7 Å². The van der Waals surface area contributed by atoms with Crippen molar-refractivity contribution in [2.45, 2.75) is 17.1 Å². The molecule has 0 saturated heterocycles. The lowest BCUT2D eigenvalue weighted by molar-refractivity contribution is -0.153. The third-order valence-corrected chi connectivity index (χ3v) is 3.55. The van der Waals surface area contributed by atoms with Crippen molar-refractivity contribution in [3.63, 3.8) is 0 Å². The van der Waals surface area contributed by atoms with E-state index in [2.05, 4.69) is 9.71 Å². The second-order valence-corrected chi connectivity index (χ2v) is 5.29. The van der Waals surface area contributed by atoms with E-state index in [1.165, 1.54) is 18.5 Å². The van der Waals surface area contributed by atoms with Crippen molar-refractivity contribution >= 4 is 11.9 Å². The lowest BCUT2D eigenvalue weighted by atomic mass is 10.1. The number of nitrogens with one attached hydrogen (secondary N) is 1. The highest BCUT2D eigenvalue weighted by Gasteiger charge is 2.42. The van der Waals surface area contributed by atoms with Crippen LogP contribution in [0.5, 0.6) is 0 Å². The van der Waals surface area contributed by atoms with Gasteiger partial charge in [0.2, 0.25) is 0 Å². The molecular formula is C14H8F5N3S. The first-order chi connectivity index (χ1) is 10.8. The fourth-order valence-corrected chi connectivity index (χ4v) is 2.52. The predicted molar refractivity (Wildman–Crippen MR) is 73.1 cm³/mol. The second-order valence-electron chi connectivity index (χ2n) is 4.38. The van der Waals surface area contributed by atoms with Crippen molar-refractivity contribution in [2.75, 3.05) is 0 Å². The van der Waals surface area contributed by atoms with Gasteiger partial charge >= 0.3 is 6.18 Å². The van der Waals surface area contributed by atoms with E-state index in [1.807, 2.05) is 0 Å². The van der Waals surface area contributed by atoms with Crippen LogP contribution in [0.3, 0.4) is 0 Å². The molecule has 0 aliphatic heterocycles. The van der Waals surface area contributed by atoms with Crippen LogP contribution in [-0.2, 0) is 0 Å². The van der Waals surface area contributed by atoms with Gasteiger partial charge in [0.1, 0.15) is 23.7 Å². The summed E-state index contributed by atoms with van der Waals surface area (Å²) in [7, 11) is 0. The summed E-state index contributed by atoms with van der Waals surface area (Å²) in [5, 5.41) is 8.72. The molecule has 1 heterocycles. The third kappa shape index (κ3) is 4.40. The van der Waals surface area contributed by atoms with Crippen LogP contribution in [0.15, 0.2) is 41.6 Å². The van der Waals surface area contributed by atoms with Crippen molar-refractivity contribution in [1.29, 1.82) is 5.26 Å². The maximum Gasteiger partial charge on any atom is 0.408 e. The van der Waals surface area contributed by atoms with Gasteiger partial charge in [0.25, 0.3) is 0 Å². The molecule has 1 N–H and O–H groups in total. The van der Waals surface area contributed by atoms with Crippen molar-refractivity contribution in [3.8, 4) is 6.07 Å². The quantitative estimate of drug-likeness (QED) is 0.669. The van der Waals surface area contributed by atoms with Crippen LogP contribution in [-0.4, -0.2) is 11.2 Å². The normalized spacial score (nSPS) is 12.7. The number of alkyl halides is 3. The molecule has 3 nitrogen and oxygen atoms in total. The van der Waals surface area contributed by atoms with E-state index in [0.717, 1.165) is 12.1 Å². The molecule has 0 fully saturated rings. The summed E-state index contributed by atoms with van der Waals surface area (Å²) < 4.78 is 68.0. The van der Waals surface area contributed by atoms with E-state index in [1.54, 1.807) is 6.07 Å². The molecule has 2 rings (SSSR count). The van der Waals surface area contributed by atoms with Crippen LogP contribution in [0.4, 0.5) is 22.0 Å². The minimum absolute atomic E-state index is 0.174. The second kappa shape index (κ2) is 6.93. The molecule has 1 aromatic carbocycles. The number of pyridine rings is 1. The fourth-order valence-electron chi connectivity index (χ4n) is 1.70. The highest BCUT2D eigenvalue weighted by atomic mass is 32.2. The molecule has 0 radical (unpaired) electrons. The van der Waals surface area contributed by atoms with Crippen LogP contribution in [0.1, 0.15) is 17.2 Å². The third-order valence-electron chi connectivity index (χ3n) is 2.74. The first-order valence-electron chi connectivity index (χ1n) is 6.10. The number of hydrogen-bond acceptors (Lipinski definition) is 4. The van der Waals surface area contributed by atoms with Gasteiger partial charge in [-0.3, -0.25) is 4.98 Å². The molecule has 120 valence electrons. The molecule has 0 spiro atoms. The van der Waals surface area contributed by atoms with Crippen molar-refractivity contribution in [1.82, 2.24) is 9.71 Å². The molecule has 1 aromatic heterocycles. The van der Waals surface area contributed by atoms with E-state index >= 15 is 0 Å². The first kappa shape index (κ1) is 17.2. The zero-order valence-corrected chi connectivity index (χ0v) is 12.1. The summed E-state index contributed by atoms with van der Waals surface area (Å²) in [6.07, 6.45) is -2.29. The number of rotatable bonds is 4. The average molecular weight is 345 g/mol. The Kier molecular flexibility index (Phi) is 5.18. The van der Waals surface area contributed by atoms with Gasteiger partial charge in [0.15, 0.2) is 0 Å². The monoisotopic (exact) mass is 345 g/mol. The predicted octanol–water partition coefficient (Wildman–Crippen LogP) is 4.13. The molecule has 0 saturated carbocycles. The van der Waals surface area contributed by atoms with Crippen molar-refractivity contribution in [2.24, 2.45) is 0 Å². The Labute approximate surface area is 132 Å². The molecule has 0 bridgehead atoms. The van der Waals surface area contributed by atoms with Crippen LogP contribution >= 0.6 is 11.9 Å². The van der Waals surface area contributed by atoms with E-state index in [0.29, 0.717) is 18.0 Å². The zero-order valence-electron chi connectivity index (χ0n) is 11.2. The Bertz CT molecular complexity index is 742. The lowest BCUT2D eigenvalue weighted by Crippen LogP contribution is -2.31. The minimum atomic E-state index is -4.80. The van der Waals surface area contributed by atoms with Gasteiger partial charge in [-0.25, -0.2) is 13.5 Å².